The van der Waals surface area contributed by atoms with Gasteiger partial charge in [-0.1, -0.05) is 57.2 Å². The van der Waals surface area contributed by atoms with Crippen molar-refractivity contribution in [3.8, 4) is 0 Å². The van der Waals surface area contributed by atoms with Crippen molar-refractivity contribution >= 4 is 5.69 Å². The molecular formula is C19H33NO3. The van der Waals surface area contributed by atoms with Crippen molar-refractivity contribution in [2.45, 2.75) is 63.9 Å². The second kappa shape index (κ2) is 11.4. The summed E-state index contributed by atoms with van der Waals surface area (Å²) in [5, 5.41) is 3.59. The summed E-state index contributed by atoms with van der Waals surface area (Å²) in [6, 6.07) is 10.5. The molecule has 0 aliphatic heterocycles. The number of ether oxygens (including phenoxy) is 3. The Morgan fingerprint density at radius 3 is 2.09 bits per heavy atom. The van der Waals surface area contributed by atoms with Crippen LogP contribution in [0, 0.1) is 0 Å². The van der Waals surface area contributed by atoms with Crippen molar-refractivity contribution in [1.29, 1.82) is 0 Å². The van der Waals surface area contributed by atoms with Crippen molar-refractivity contribution in [2.24, 2.45) is 0 Å². The van der Waals surface area contributed by atoms with Gasteiger partial charge >= 0.3 is 0 Å². The van der Waals surface area contributed by atoms with E-state index in [1.54, 1.807) is 21.3 Å². The fourth-order valence-corrected chi connectivity index (χ4v) is 2.79. The van der Waals surface area contributed by atoms with Crippen LogP contribution in [-0.2, 0) is 14.2 Å². The van der Waals surface area contributed by atoms with E-state index < -0.39 is 5.97 Å². The molecule has 0 saturated carbocycles. The third-order valence-corrected chi connectivity index (χ3v) is 4.23. The van der Waals surface area contributed by atoms with Gasteiger partial charge in [-0.25, -0.2) is 0 Å². The zero-order valence-electron chi connectivity index (χ0n) is 15.1. The van der Waals surface area contributed by atoms with Crippen LogP contribution in [0.25, 0.3) is 0 Å². The predicted molar refractivity (Wildman–Crippen MR) is 95.6 cm³/mol. The first kappa shape index (κ1) is 19.9. The monoisotopic (exact) mass is 323 g/mol. The van der Waals surface area contributed by atoms with Gasteiger partial charge in [0.05, 0.1) is 0 Å². The smallest absolute Gasteiger partial charge is 0.284 e. The van der Waals surface area contributed by atoms with E-state index in [9.17, 15) is 0 Å². The van der Waals surface area contributed by atoms with Gasteiger partial charge in [-0.3, -0.25) is 0 Å². The van der Waals surface area contributed by atoms with Gasteiger partial charge in [-0.15, -0.1) is 0 Å². The molecule has 23 heavy (non-hydrogen) atoms. The maximum Gasteiger partial charge on any atom is 0.284 e. The molecule has 132 valence electrons. The lowest BCUT2D eigenvalue weighted by Gasteiger charge is -2.33. The highest BCUT2D eigenvalue weighted by atomic mass is 16.9. The van der Waals surface area contributed by atoms with Gasteiger partial charge in [0.15, 0.2) is 0 Å². The van der Waals surface area contributed by atoms with Gasteiger partial charge in [-0.2, -0.15) is 0 Å². The van der Waals surface area contributed by atoms with Crippen LogP contribution in [0.1, 0.15) is 51.9 Å². The minimum absolute atomic E-state index is 0.235. The summed E-state index contributed by atoms with van der Waals surface area (Å²) in [6.07, 6.45) is 8.05. The summed E-state index contributed by atoms with van der Waals surface area (Å²) < 4.78 is 16.4. The van der Waals surface area contributed by atoms with Crippen LogP contribution >= 0.6 is 0 Å². The molecule has 0 bridgehead atoms. The number of methoxy groups -OCH3 is 3. The molecule has 1 N–H and O–H groups in total. The predicted octanol–water partition coefficient (Wildman–Crippen LogP) is 4.81. The molecule has 0 fully saturated rings. The maximum atomic E-state index is 5.46. The molecule has 1 unspecified atom stereocenters. The number of anilines is 1. The van der Waals surface area contributed by atoms with Crippen LogP contribution in [0.5, 0.6) is 0 Å². The van der Waals surface area contributed by atoms with Crippen LogP contribution in [0.3, 0.4) is 0 Å². The molecule has 0 spiro atoms. The van der Waals surface area contributed by atoms with Crippen LogP contribution in [-0.4, -0.2) is 33.3 Å². The van der Waals surface area contributed by atoms with Gasteiger partial charge in [0.2, 0.25) is 0 Å². The number of hydrogen-bond acceptors (Lipinski definition) is 4. The Hall–Kier alpha value is -1.10. The molecule has 4 heteroatoms. The average molecular weight is 323 g/mol. The SMILES string of the molecule is CCCCCCCC(CC(OC)(OC)OC)Nc1ccccc1. The van der Waals surface area contributed by atoms with E-state index in [2.05, 4.69) is 24.4 Å². The first-order valence-electron chi connectivity index (χ1n) is 8.66. The molecule has 0 amide bonds. The van der Waals surface area contributed by atoms with E-state index in [0.717, 1.165) is 12.1 Å². The molecule has 1 aromatic rings. The molecule has 0 saturated heterocycles. The van der Waals surface area contributed by atoms with Crippen LogP contribution < -0.4 is 5.32 Å². The third kappa shape index (κ3) is 7.34. The first-order valence-corrected chi connectivity index (χ1v) is 8.66. The van der Waals surface area contributed by atoms with Crippen molar-refractivity contribution in [3.05, 3.63) is 30.3 Å². The molecule has 0 radical (unpaired) electrons. The second-order valence-electron chi connectivity index (χ2n) is 5.91. The molecule has 0 aliphatic rings. The Labute approximate surface area is 141 Å². The molecule has 4 nitrogen and oxygen atoms in total. The number of benzene rings is 1. The summed E-state index contributed by atoms with van der Waals surface area (Å²) in [4.78, 5) is 0. The van der Waals surface area contributed by atoms with Gasteiger partial charge in [0, 0.05) is 39.5 Å². The first-order chi connectivity index (χ1) is 11.2. The normalized spacial score (nSPS) is 13.0. The Morgan fingerprint density at radius 2 is 1.52 bits per heavy atom. The molecule has 0 heterocycles. The second-order valence-corrected chi connectivity index (χ2v) is 5.91. The highest BCUT2D eigenvalue weighted by Crippen LogP contribution is 2.24. The minimum Gasteiger partial charge on any atom is -0.382 e. The Bertz CT molecular complexity index is 385. The van der Waals surface area contributed by atoms with E-state index >= 15 is 0 Å². The van der Waals surface area contributed by atoms with Crippen molar-refractivity contribution in [2.75, 3.05) is 26.6 Å². The molecule has 1 rings (SSSR count). The number of rotatable bonds is 13. The number of para-hydroxylation sites is 1. The van der Waals surface area contributed by atoms with E-state index in [1.807, 2.05) is 18.2 Å². The fraction of sp³-hybridized carbons (Fsp3) is 0.684. The zero-order chi connectivity index (χ0) is 17.0. The maximum absolute atomic E-state index is 5.46. The highest BCUT2D eigenvalue weighted by Gasteiger charge is 2.33. The molecular weight excluding hydrogens is 290 g/mol. The topological polar surface area (TPSA) is 39.7 Å². The largest absolute Gasteiger partial charge is 0.382 e. The van der Waals surface area contributed by atoms with Crippen molar-refractivity contribution in [1.82, 2.24) is 0 Å². The van der Waals surface area contributed by atoms with Gasteiger partial charge < -0.3 is 19.5 Å². The quantitative estimate of drug-likeness (QED) is 0.418. The zero-order valence-corrected chi connectivity index (χ0v) is 15.1. The Balaban J connectivity index is 2.63. The molecule has 1 aromatic carbocycles. The molecule has 0 aromatic heterocycles. The molecule has 0 aliphatic carbocycles. The lowest BCUT2D eigenvalue weighted by molar-refractivity contribution is -0.356. The van der Waals surface area contributed by atoms with Crippen LogP contribution in [0.2, 0.25) is 0 Å². The molecule has 1 atom stereocenters. The van der Waals surface area contributed by atoms with Crippen LogP contribution in [0.4, 0.5) is 5.69 Å². The van der Waals surface area contributed by atoms with E-state index in [4.69, 9.17) is 14.2 Å². The fourth-order valence-electron chi connectivity index (χ4n) is 2.79. The van der Waals surface area contributed by atoms with Crippen molar-refractivity contribution < 1.29 is 14.2 Å². The summed E-state index contributed by atoms with van der Waals surface area (Å²) in [7, 11) is 4.86. The van der Waals surface area contributed by atoms with E-state index in [1.165, 1.54) is 32.1 Å². The van der Waals surface area contributed by atoms with Gasteiger partial charge in [-0.05, 0) is 18.6 Å². The summed E-state index contributed by atoms with van der Waals surface area (Å²) in [6.45, 7) is 2.24. The summed E-state index contributed by atoms with van der Waals surface area (Å²) in [5.41, 5.74) is 1.11. The Kier molecular flexibility index (Phi) is 9.92. The minimum atomic E-state index is -0.990. The lowest BCUT2D eigenvalue weighted by atomic mass is 10.0. The van der Waals surface area contributed by atoms with Crippen LogP contribution in [0.15, 0.2) is 30.3 Å². The summed E-state index contributed by atoms with van der Waals surface area (Å²) >= 11 is 0. The number of hydrogen-bond donors (Lipinski definition) is 1. The lowest BCUT2D eigenvalue weighted by Crippen LogP contribution is -2.41. The van der Waals surface area contributed by atoms with Crippen molar-refractivity contribution in [3.63, 3.8) is 0 Å². The Morgan fingerprint density at radius 1 is 0.913 bits per heavy atom. The van der Waals surface area contributed by atoms with E-state index in [0.29, 0.717) is 6.42 Å². The highest BCUT2D eigenvalue weighted by molar-refractivity contribution is 5.43. The standard InChI is InChI=1S/C19H33NO3/c1-5-6-7-8-10-15-18(16-19(21-2,22-3)23-4)20-17-13-11-9-12-14-17/h9,11-14,18,20H,5-8,10,15-16H2,1-4H3. The van der Waals surface area contributed by atoms with Gasteiger partial charge in [0.1, 0.15) is 0 Å². The third-order valence-electron chi connectivity index (χ3n) is 4.23. The number of unbranched alkanes of at least 4 members (excludes halogenated alkanes) is 4. The van der Waals surface area contributed by atoms with E-state index in [-0.39, 0.29) is 6.04 Å². The number of nitrogens with one attached hydrogen (secondary N) is 1. The summed E-state index contributed by atoms with van der Waals surface area (Å²) in [5.74, 6) is -0.990. The average Bonchev–Trinajstić information content (AvgIpc) is 2.60. The van der Waals surface area contributed by atoms with Gasteiger partial charge in [0.25, 0.3) is 5.97 Å².